The smallest absolute Gasteiger partial charge is 0.407 e. The number of rotatable bonds is 6. The summed E-state index contributed by atoms with van der Waals surface area (Å²) in [7, 11) is 0. The Balaban J connectivity index is 1.25. The van der Waals surface area contributed by atoms with Crippen molar-refractivity contribution in [3.05, 3.63) is 59.7 Å². The molecule has 0 spiro atoms. The van der Waals surface area contributed by atoms with Crippen LogP contribution in [0.1, 0.15) is 42.7 Å². The number of fused-ring (bicyclic) bond motifs is 3. The van der Waals surface area contributed by atoms with Crippen molar-refractivity contribution in [1.82, 2.24) is 5.32 Å². The minimum atomic E-state index is -0.988. The normalized spacial score (nSPS) is 24.9. The number of amides is 1. The van der Waals surface area contributed by atoms with Crippen molar-refractivity contribution in [3.8, 4) is 11.1 Å². The summed E-state index contributed by atoms with van der Waals surface area (Å²) in [6.45, 7) is 0.194. The first-order valence-electron chi connectivity index (χ1n) is 9.89. The number of ether oxygens (including phenoxy) is 1. The lowest BCUT2D eigenvalue weighted by atomic mass is 9.43. The largest absolute Gasteiger partial charge is 0.480 e. The first-order valence-corrected chi connectivity index (χ1v) is 9.89. The molecule has 5 nitrogen and oxygen atoms in total. The standard InChI is InChI=1S/C23H23NO4/c25-21(26)20(12-23-9-14(10-23)11-23)24-22(27)28-13-19-17-7-3-1-5-15(17)16-6-2-4-8-18(16)19/h1-8,14,19-20H,9-13H2,(H,24,27)(H,25,26)/t14?,20-,23?/m0/s1. The number of carbonyl (C=O) groups is 2. The van der Waals surface area contributed by atoms with Crippen LogP contribution in [0.15, 0.2) is 48.5 Å². The maximum absolute atomic E-state index is 12.3. The highest BCUT2D eigenvalue weighted by molar-refractivity contribution is 5.81. The fourth-order valence-electron chi connectivity index (χ4n) is 5.32. The van der Waals surface area contributed by atoms with Gasteiger partial charge >= 0.3 is 12.1 Å². The second-order valence-electron chi connectivity index (χ2n) is 8.54. The molecule has 3 saturated carbocycles. The predicted molar refractivity (Wildman–Crippen MR) is 104 cm³/mol. The number of aliphatic carboxylic acids is 1. The summed E-state index contributed by atoms with van der Waals surface area (Å²) in [5, 5.41) is 12.1. The Morgan fingerprint density at radius 3 is 2.11 bits per heavy atom. The van der Waals surface area contributed by atoms with Crippen LogP contribution >= 0.6 is 0 Å². The van der Waals surface area contributed by atoms with E-state index in [9.17, 15) is 14.7 Å². The number of carbonyl (C=O) groups excluding carboxylic acids is 1. The van der Waals surface area contributed by atoms with Gasteiger partial charge in [0.2, 0.25) is 0 Å². The molecule has 5 heteroatoms. The number of carboxylic acid groups (broad SMARTS) is 1. The fourth-order valence-corrected chi connectivity index (χ4v) is 5.32. The summed E-state index contributed by atoms with van der Waals surface area (Å²) in [4.78, 5) is 23.9. The van der Waals surface area contributed by atoms with E-state index in [2.05, 4.69) is 29.6 Å². The Morgan fingerprint density at radius 2 is 1.61 bits per heavy atom. The van der Waals surface area contributed by atoms with Crippen LogP contribution < -0.4 is 5.32 Å². The molecule has 2 aromatic rings. The van der Waals surface area contributed by atoms with Gasteiger partial charge in [0.15, 0.2) is 0 Å². The SMILES string of the molecule is O=C(N[C@@H](CC12CC(C1)C2)C(=O)O)OCC1c2ccccc2-c2ccccc21. The van der Waals surface area contributed by atoms with Crippen LogP contribution in [-0.2, 0) is 9.53 Å². The molecule has 144 valence electrons. The summed E-state index contributed by atoms with van der Waals surface area (Å²) >= 11 is 0. The van der Waals surface area contributed by atoms with Gasteiger partial charge in [-0.3, -0.25) is 0 Å². The predicted octanol–water partition coefficient (Wildman–Crippen LogP) is 4.17. The molecule has 1 atom stereocenters. The number of hydrogen-bond donors (Lipinski definition) is 2. The highest BCUT2D eigenvalue weighted by Crippen LogP contribution is 2.66. The van der Waals surface area contributed by atoms with Crippen molar-refractivity contribution < 1.29 is 19.4 Å². The lowest BCUT2D eigenvalue weighted by Gasteiger charge is -2.62. The van der Waals surface area contributed by atoms with Gasteiger partial charge in [-0.1, -0.05) is 48.5 Å². The molecule has 2 bridgehead atoms. The van der Waals surface area contributed by atoms with Gasteiger partial charge in [0.05, 0.1) is 0 Å². The van der Waals surface area contributed by atoms with E-state index < -0.39 is 18.1 Å². The zero-order valence-corrected chi connectivity index (χ0v) is 15.6. The summed E-state index contributed by atoms with van der Waals surface area (Å²) in [6.07, 6.45) is 3.15. The van der Waals surface area contributed by atoms with Crippen molar-refractivity contribution in [2.24, 2.45) is 11.3 Å². The van der Waals surface area contributed by atoms with Crippen LogP contribution in [0.3, 0.4) is 0 Å². The summed E-state index contributed by atoms with van der Waals surface area (Å²) in [6, 6.07) is 15.4. The van der Waals surface area contributed by atoms with Gasteiger partial charge in [-0.2, -0.15) is 0 Å². The third-order valence-corrected chi connectivity index (χ3v) is 6.74. The van der Waals surface area contributed by atoms with Gasteiger partial charge in [-0.05, 0) is 59.3 Å². The van der Waals surface area contributed by atoms with Gasteiger partial charge in [-0.25, -0.2) is 9.59 Å². The molecule has 0 heterocycles. The minimum absolute atomic E-state index is 0.0287. The van der Waals surface area contributed by atoms with Gasteiger partial charge in [-0.15, -0.1) is 0 Å². The van der Waals surface area contributed by atoms with Gasteiger partial charge in [0, 0.05) is 5.92 Å². The van der Waals surface area contributed by atoms with Crippen LogP contribution in [0.2, 0.25) is 0 Å². The highest BCUT2D eigenvalue weighted by atomic mass is 16.5. The molecule has 0 aliphatic heterocycles. The number of nitrogens with one attached hydrogen (secondary N) is 1. The first kappa shape index (κ1) is 17.3. The third kappa shape index (κ3) is 2.77. The zero-order chi connectivity index (χ0) is 19.3. The molecular weight excluding hydrogens is 354 g/mol. The van der Waals surface area contributed by atoms with E-state index in [1.54, 1.807) is 0 Å². The van der Waals surface area contributed by atoms with Crippen LogP contribution in [-0.4, -0.2) is 29.8 Å². The van der Waals surface area contributed by atoms with E-state index in [1.807, 2.05) is 24.3 Å². The maximum Gasteiger partial charge on any atom is 0.407 e. The first-order chi connectivity index (χ1) is 13.5. The monoisotopic (exact) mass is 377 g/mol. The lowest BCUT2D eigenvalue weighted by Crippen LogP contribution is -2.56. The molecule has 4 aliphatic carbocycles. The van der Waals surface area contributed by atoms with Crippen molar-refractivity contribution in [1.29, 1.82) is 0 Å². The summed E-state index contributed by atoms with van der Waals surface area (Å²) in [5.41, 5.74) is 4.75. The van der Waals surface area contributed by atoms with E-state index in [1.165, 1.54) is 11.1 Å². The summed E-state index contributed by atoms with van der Waals surface area (Å²) in [5.74, 6) is -0.235. The Morgan fingerprint density at radius 1 is 1.04 bits per heavy atom. The Bertz CT molecular complexity index is 891. The van der Waals surface area contributed by atoms with E-state index in [4.69, 9.17) is 4.74 Å². The average molecular weight is 377 g/mol. The van der Waals surface area contributed by atoms with E-state index in [-0.39, 0.29) is 17.9 Å². The number of alkyl carbamates (subject to hydrolysis) is 1. The average Bonchev–Trinajstić information content (AvgIpc) is 2.94. The molecule has 2 aromatic carbocycles. The topological polar surface area (TPSA) is 75.6 Å². The Kier molecular flexibility index (Phi) is 3.93. The fraction of sp³-hybridized carbons (Fsp3) is 0.391. The molecule has 28 heavy (non-hydrogen) atoms. The Labute approximate surface area is 163 Å². The van der Waals surface area contributed by atoms with E-state index in [0.29, 0.717) is 6.42 Å². The Hall–Kier alpha value is -2.82. The highest BCUT2D eigenvalue weighted by Gasteiger charge is 2.57. The molecule has 0 saturated heterocycles. The van der Waals surface area contributed by atoms with Crippen LogP contribution in [0.4, 0.5) is 4.79 Å². The molecule has 4 aliphatic rings. The van der Waals surface area contributed by atoms with Crippen LogP contribution in [0, 0.1) is 11.3 Å². The quantitative estimate of drug-likeness (QED) is 0.792. The molecule has 2 N–H and O–H groups in total. The van der Waals surface area contributed by atoms with Gasteiger partial charge in [0.25, 0.3) is 0 Å². The summed E-state index contributed by atoms with van der Waals surface area (Å²) < 4.78 is 5.49. The molecule has 0 radical (unpaired) electrons. The molecule has 1 amide bonds. The second kappa shape index (κ2) is 6.36. The van der Waals surface area contributed by atoms with Gasteiger partial charge < -0.3 is 15.2 Å². The third-order valence-electron chi connectivity index (χ3n) is 6.74. The lowest BCUT2D eigenvalue weighted by molar-refractivity contribution is -0.149. The minimum Gasteiger partial charge on any atom is -0.480 e. The van der Waals surface area contributed by atoms with E-state index >= 15 is 0 Å². The molecular formula is C23H23NO4. The number of benzene rings is 2. The number of hydrogen-bond acceptors (Lipinski definition) is 3. The van der Waals surface area contributed by atoms with Crippen LogP contribution in [0.25, 0.3) is 11.1 Å². The molecule has 0 aromatic heterocycles. The van der Waals surface area contributed by atoms with Crippen LogP contribution in [0.5, 0.6) is 0 Å². The van der Waals surface area contributed by atoms with Crippen molar-refractivity contribution >= 4 is 12.1 Å². The maximum atomic E-state index is 12.3. The van der Waals surface area contributed by atoms with Crippen molar-refractivity contribution in [2.45, 2.75) is 37.6 Å². The molecule has 3 fully saturated rings. The van der Waals surface area contributed by atoms with E-state index in [0.717, 1.165) is 36.3 Å². The van der Waals surface area contributed by atoms with Crippen molar-refractivity contribution in [2.75, 3.05) is 6.61 Å². The van der Waals surface area contributed by atoms with Gasteiger partial charge in [0.1, 0.15) is 12.6 Å². The van der Waals surface area contributed by atoms with Crippen molar-refractivity contribution in [3.63, 3.8) is 0 Å². The number of carboxylic acids is 1. The molecule has 6 rings (SSSR count). The molecule has 0 unspecified atom stereocenters. The zero-order valence-electron chi connectivity index (χ0n) is 15.6. The second-order valence-corrected chi connectivity index (χ2v) is 8.54.